The van der Waals surface area contributed by atoms with Crippen molar-refractivity contribution in [1.29, 1.82) is 0 Å². The van der Waals surface area contributed by atoms with Crippen LogP contribution in [0.5, 0.6) is 0 Å². The van der Waals surface area contributed by atoms with Crippen LogP contribution in [-0.4, -0.2) is 55.5 Å². The Hall–Kier alpha value is -2.33. The minimum Gasteiger partial charge on any atom is -0.388 e. The zero-order valence-corrected chi connectivity index (χ0v) is 16.9. The first kappa shape index (κ1) is 19.0. The summed E-state index contributed by atoms with van der Waals surface area (Å²) in [4.78, 5) is 17.7. The molecule has 0 aromatic heterocycles. The predicted molar refractivity (Wildman–Crippen MR) is 116 cm³/mol. The molecule has 0 bridgehead atoms. The molecule has 4 rings (SSSR count). The van der Waals surface area contributed by atoms with Crippen molar-refractivity contribution in [3.8, 4) is 11.1 Å². The number of hydrogen-bond donors (Lipinski definition) is 1. The molecule has 0 spiro atoms. The second-order valence-corrected chi connectivity index (χ2v) is 8.17. The van der Waals surface area contributed by atoms with Gasteiger partial charge in [-0.2, -0.15) is 0 Å². The van der Waals surface area contributed by atoms with Crippen LogP contribution in [-0.2, 0) is 0 Å². The standard InChI is InChI=1S/C24H31N3O/c1-25-23-12-10-21(11-13-23)20-6-8-22(9-7-20)24(28)27-16-4-5-19(18-27)17-26-14-2-3-15-26/h6-13,19,25H,2-5,14-18H2,1H3/t19-/m1/s1. The maximum Gasteiger partial charge on any atom is 0.253 e. The molecule has 2 heterocycles. The smallest absolute Gasteiger partial charge is 0.253 e. The molecule has 0 radical (unpaired) electrons. The molecular weight excluding hydrogens is 346 g/mol. The first-order chi connectivity index (χ1) is 13.7. The highest BCUT2D eigenvalue weighted by Crippen LogP contribution is 2.24. The molecule has 0 aliphatic carbocycles. The molecule has 2 aromatic carbocycles. The number of nitrogens with zero attached hydrogens (tertiary/aromatic N) is 2. The van der Waals surface area contributed by atoms with E-state index >= 15 is 0 Å². The van der Waals surface area contributed by atoms with Crippen molar-refractivity contribution in [1.82, 2.24) is 9.80 Å². The van der Waals surface area contributed by atoms with Gasteiger partial charge in [-0.1, -0.05) is 24.3 Å². The Morgan fingerprint density at radius 1 is 0.929 bits per heavy atom. The van der Waals surface area contributed by atoms with Gasteiger partial charge in [0.25, 0.3) is 5.91 Å². The minimum atomic E-state index is 0.184. The Kier molecular flexibility index (Phi) is 5.96. The summed E-state index contributed by atoms with van der Waals surface area (Å²) in [5, 5.41) is 3.14. The van der Waals surface area contributed by atoms with E-state index in [0.717, 1.165) is 42.9 Å². The van der Waals surface area contributed by atoms with Crippen molar-refractivity contribution in [2.75, 3.05) is 45.1 Å². The van der Waals surface area contributed by atoms with Gasteiger partial charge < -0.3 is 15.1 Å². The summed E-state index contributed by atoms with van der Waals surface area (Å²) < 4.78 is 0. The number of piperidine rings is 1. The highest BCUT2D eigenvalue weighted by molar-refractivity contribution is 5.94. The highest BCUT2D eigenvalue weighted by Gasteiger charge is 2.26. The second-order valence-electron chi connectivity index (χ2n) is 8.17. The molecule has 148 valence electrons. The number of anilines is 1. The molecule has 4 heteroatoms. The molecule has 2 aromatic rings. The van der Waals surface area contributed by atoms with E-state index in [-0.39, 0.29) is 5.91 Å². The van der Waals surface area contributed by atoms with Gasteiger partial charge >= 0.3 is 0 Å². The fourth-order valence-electron chi connectivity index (χ4n) is 4.55. The largest absolute Gasteiger partial charge is 0.388 e. The number of hydrogen-bond acceptors (Lipinski definition) is 3. The van der Waals surface area contributed by atoms with Gasteiger partial charge in [-0.3, -0.25) is 4.79 Å². The van der Waals surface area contributed by atoms with Crippen LogP contribution in [0.1, 0.15) is 36.0 Å². The van der Waals surface area contributed by atoms with E-state index in [0.29, 0.717) is 5.92 Å². The Morgan fingerprint density at radius 3 is 2.21 bits per heavy atom. The summed E-state index contributed by atoms with van der Waals surface area (Å²) >= 11 is 0. The molecule has 28 heavy (non-hydrogen) atoms. The molecular formula is C24H31N3O. The van der Waals surface area contributed by atoms with E-state index in [1.807, 2.05) is 19.2 Å². The fraction of sp³-hybridized carbons (Fsp3) is 0.458. The maximum absolute atomic E-state index is 13.0. The summed E-state index contributed by atoms with van der Waals surface area (Å²) in [7, 11) is 1.92. The van der Waals surface area contributed by atoms with E-state index in [4.69, 9.17) is 0 Å². The first-order valence-corrected chi connectivity index (χ1v) is 10.6. The van der Waals surface area contributed by atoms with Gasteiger partial charge in [-0.05, 0) is 80.1 Å². The Labute approximate surface area is 168 Å². The van der Waals surface area contributed by atoms with Gasteiger partial charge in [0.2, 0.25) is 0 Å². The molecule has 2 fully saturated rings. The summed E-state index contributed by atoms with van der Waals surface area (Å²) in [6.45, 7) is 5.43. The lowest BCUT2D eigenvalue weighted by Gasteiger charge is -2.34. The van der Waals surface area contributed by atoms with Gasteiger partial charge in [0.15, 0.2) is 0 Å². The number of rotatable bonds is 5. The fourth-order valence-corrected chi connectivity index (χ4v) is 4.55. The maximum atomic E-state index is 13.0. The molecule has 0 saturated carbocycles. The average molecular weight is 378 g/mol. The van der Waals surface area contributed by atoms with E-state index in [2.05, 4.69) is 51.5 Å². The lowest BCUT2D eigenvalue weighted by molar-refractivity contribution is 0.0648. The van der Waals surface area contributed by atoms with Crippen molar-refractivity contribution in [2.24, 2.45) is 5.92 Å². The third-order valence-corrected chi connectivity index (χ3v) is 6.16. The number of carbonyl (C=O) groups is 1. The van der Waals surface area contributed by atoms with E-state index < -0.39 is 0 Å². The molecule has 2 aliphatic rings. The van der Waals surface area contributed by atoms with Crippen LogP contribution in [0.3, 0.4) is 0 Å². The number of likely N-dealkylation sites (tertiary alicyclic amines) is 2. The molecule has 2 saturated heterocycles. The van der Waals surface area contributed by atoms with Crippen LogP contribution in [0.25, 0.3) is 11.1 Å². The zero-order valence-electron chi connectivity index (χ0n) is 16.9. The quantitative estimate of drug-likeness (QED) is 0.842. The molecule has 1 atom stereocenters. The summed E-state index contributed by atoms with van der Waals surface area (Å²) in [5.74, 6) is 0.809. The summed E-state index contributed by atoms with van der Waals surface area (Å²) in [6.07, 6.45) is 5.04. The van der Waals surface area contributed by atoms with Crippen molar-refractivity contribution >= 4 is 11.6 Å². The second kappa shape index (κ2) is 8.78. The van der Waals surface area contributed by atoms with Gasteiger partial charge in [0.1, 0.15) is 0 Å². The van der Waals surface area contributed by atoms with Gasteiger partial charge in [-0.15, -0.1) is 0 Å². The molecule has 4 nitrogen and oxygen atoms in total. The number of amides is 1. The predicted octanol–water partition coefficient (Wildman–Crippen LogP) is 4.34. The lowest BCUT2D eigenvalue weighted by atomic mass is 9.96. The topological polar surface area (TPSA) is 35.6 Å². The van der Waals surface area contributed by atoms with E-state index in [9.17, 15) is 4.79 Å². The van der Waals surface area contributed by atoms with Crippen molar-refractivity contribution in [3.05, 3.63) is 54.1 Å². The lowest BCUT2D eigenvalue weighted by Crippen LogP contribution is -2.43. The van der Waals surface area contributed by atoms with Crippen LogP contribution in [0.2, 0.25) is 0 Å². The Morgan fingerprint density at radius 2 is 1.57 bits per heavy atom. The monoisotopic (exact) mass is 377 g/mol. The van der Waals surface area contributed by atoms with Crippen molar-refractivity contribution < 1.29 is 4.79 Å². The third kappa shape index (κ3) is 4.39. The van der Waals surface area contributed by atoms with Gasteiger partial charge in [0, 0.05) is 37.9 Å². The van der Waals surface area contributed by atoms with Gasteiger partial charge in [0.05, 0.1) is 0 Å². The van der Waals surface area contributed by atoms with Crippen LogP contribution in [0.15, 0.2) is 48.5 Å². The third-order valence-electron chi connectivity index (χ3n) is 6.16. The summed E-state index contributed by atoms with van der Waals surface area (Å²) in [6, 6.07) is 16.4. The SMILES string of the molecule is CNc1ccc(-c2ccc(C(=O)N3CCC[C@H](CN4CCCC4)C3)cc2)cc1. The highest BCUT2D eigenvalue weighted by atomic mass is 16.2. The van der Waals surface area contributed by atoms with Crippen LogP contribution in [0, 0.1) is 5.92 Å². The number of nitrogens with one attached hydrogen (secondary N) is 1. The summed E-state index contributed by atoms with van der Waals surface area (Å²) in [5.41, 5.74) is 4.22. The van der Waals surface area contributed by atoms with Crippen LogP contribution in [0.4, 0.5) is 5.69 Å². The van der Waals surface area contributed by atoms with Crippen LogP contribution >= 0.6 is 0 Å². The first-order valence-electron chi connectivity index (χ1n) is 10.6. The Bertz CT molecular complexity index is 779. The van der Waals surface area contributed by atoms with Crippen LogP contribution < -0.4 is 5.32 Å². The van der Waals surface area contributed by atoms with Crippen molar-refractivity contribution in [3.63, 3.8) is 0 Å². The van der Waals surface area contributed by atoms with E-state index in [1.54, 1.807) is 0 Å². The minimum absolute atomic E-state index is 0.184. The van der Waals surface area contributed by atoms with Gasteiger partial charge in [-0.25, -0.2) is 0 Å². The number of carbonyl (C=O) groups excluding carboxylic acids is 1. The zero-order chi connectivity index (χ0) is 19.3. The average Bonchev–Trinajstić information content (AvgIpc) is 3.27. The molecule has 1 N–H and O–H groups in total. The van der Waals surface area contributed by atoms with E-state index in [1.165, 1.54) is 37.9 Å². The number of benzene rings is 2. The Balaban J connectivity index is 1.39. The molecule has 2 aliphatic heterocycles. The van der Waals surface area contributed by atoms with Crippen molar-refractivity contribution in [2.45, 2.75) is 25.7 Å². The normalized spacial score (nSPS) is 20.3. The molecule has 1 amide bonds. The molecule has 0 unspecified atom stereocenters.